The highest BCUT2D eigenvalue weighted by atomic mass is 19.2. The number of carbonyl (C=O) groups is 1. The lowest BCUT2D eigenvalue weighted by Gasteiger charge is -2.11. The van der Waals surface area contributed by atoms with E-state index in [1.54, 1.807) is 0 Å². The minimum atomic E-state index is -1.56. The van der Waals surface area contributed by atoms with Gasteiger partial charge < -0.3 is 10.4 Å². The summed E-state index contributed by atoms with van der Waals surface area (Å²) in [6.45, 7) is 0. The molecule has 6 heteroatoms. The molecular weight excluding hydrogens is 223 g/mol. The molecule has 0 radical (unpaired) electrons. The van der Waals surface area contributed by atoms with Crippen molar-refractivity contribution in [3.8, 4) is 0 Å². The Morgan fingerprint density at radius 2 is 1.88 bits per heavy atom. The second kappa shape index (κ2) is 4.98. The normalized spacial score (nSPS) is 12.5. The fourth-order valence-electron chi connectivity index (χ4n) is 1.27. The Bertz CT molecular complexity index is 386. The van der Waals surface area contributed by atoms with Crippen molar-refractivity contribution in [1.82, 2.24) is 5.32 Å². The van der Waals surface area contributed by atoms with Crippen molar-refractivity contribution in [3.63, 3.8) is 0 Å². The molecule has 0 aliphatic carbocycles. The number of hydrogen-bond acceptors (Lipinski definition) is 2. The van der Waals surface area contributed by atoms with Crippen molar-refractivity contribution in [2.45, 2.75) is 12.5 Å². The molecule has 0 fully saturated rings. The first kappa shape index (κ1) is 12.5. The number of hydrogen-bond donors (Lipinski definition) is 2. The lowest BCUT2D eigenvalue weighted by molar-refractivity contribution is -0.139. The standard InChI is InChI=1S/C10H10F3NO2/c1-14-8(10(15)16)4-5-2-6(11)9(13)7(12)3-5/h2-3,8,14H,4H2,1H3,(H,15,16)/t8-/m0/s1. The van der Waals surface area contributed by atoms with Gasteiger partial charge in [-0.05, 0) is 31.2 Å². The highest BCUT2D eigenvalue weighted by molar-refractivity contribution is 5.73. The van der Waals surface area contributed by atoms with Crippen molar-refractivity contribution in [2.24, 2.45) is 0 Å². The molecule has 1 atom stereocenters. The molecule has 0 saturated carbocycles. The van der Waals surface area contributed by atoms with Gasteiger partial charge in [0.2, 0.25) is 0 Å². The second-order valence-corrected chi connectivity index (χ2v) is 3.26. The van der Waals surface area contributed by atoms with Gasteiger partial charge in [-0.2, -0.15) is 0 Å². The highest BCUT2D eigenvalue weighted by Crippen LogP contribution is 2.14. The Balaban J connectivity index is 2.93. The van der Waals surface area contributed by atoms with Gasteiger partial charge >= 0.3 is 5.97 Å². The van der Waals surface area contributed by atoms with Crippen LogP contribution in [0.3, 0.4) is 0 Å². The Hall–Kier alpha value is -1.56. The van der Waals surface area contributed by atoms with E-state index in [9.17, 15) is 18.0 Å². The molecule has 1 rings (SSSR count). The quantitative estimate of drug-likeness (QED) is 0.771. The zero-order valence-corrected chi connectivity index (χ0v) is 8.43. The number of halogens is 3. The van der Waals surface area contributed by atoms with E-state index in [2.05, 4.69) is 5.32 Å². The van der Waals surface area contributed by atoms with Crippen LogP contribution in [0.15, 0.2) is 12.1 Å². The molecule has 0 amide bonds. The Kier molecular flexibility index (Phi) is 3.89. The van der Waals surface area contributed by atoms with Crippen LogP contribution in [0.4, 0.5) is 13.2 Å². The number of carboxylic acid groups (broad SMARTS) is 1. The first-order chi connectivity index (χ1) is 7.45. The van der Waals surface area contributed by atoms with Crippen LogP contribution in [-0.2, 0) is 11.2 Å². The molecule has 2 N–H and O–H groups in total. The molecule has 3 nitrogen and oxygen atoms in total. The lowest BCUT2D eigenvalue weighted by Crippen LogP contribution is -2.35. The third-order valence-corrected chi connectivity index (χ3v) is 2.13. The summed E-state index contributed by atoms with van der Waals surface area (Å²) in [6.07, 6.45) is -0.125. The van der Waals surface area contributed by atoms with Crippen LogP contribution in [-0.4, -0.2) is 24.2 Å². The first-order valence-electron chi connectivity index (χ1n) is 4.49. The van der Waals surface area contributed by atoms with E-state index in [0.29, 0.717) is 0 Å². The average Bonchev–Trinajstić information content (AvgIpc) is 2.21. The maximum absolute atomic E-state index is 12.8. The van der Waals surface area contributed by atoms with Gasteiger partial charge in [0.15, 0.2) is 17.5 Å². The molecule has 0 spiro atoms. The molecule has 1 aromatic carbocycles. The predicted molar refractivity (Wildman–Crippen MR) is 50.5 cm³/mol. The van der Waals surface area contributed by atoms with Crippen LogP contribution in [0, 0.1) is 17.5 Å². The van der Waals surface area contributed by atoms with Crippen LogP contribution in [0.25, 0.3) is 0 Å². The van der Waals surface area contributed by atoms with E-state index < -0.39 is 29.5 Å². The maximum Gasteiger partial charge on any atom is 0.321 e. The van der Waals surface area contributed by atoms with Crippen LogP contribution < -0.4 is 5.32 Å². The summed E-state index contributed by atoms with van der Waals surface area (Å²) < 4.78 is 38.2. The van der Waals surface area contributed by atoms with Gasteiger partial charge in [0.1, 0.15) is 6.04 Å². The van der Waals surface area contributed by atoms with E-state index in [-0.39, 0.29) is 12.0 Å². The number of carboxylic acids is 1. The number of nitrogens with one attached hydrogen (secondary N) is 1. The van der Waals surface area contributed by atoms with Gasteiger partial charge in [0.05, 0.1) is 0 Å². The predicted octanol–water partition coefficient (Wildman–Crippen LogP) is 1.32. The summed E-state index contributed by atoms with van der Waals surface area (Å²) in [5, 5.41) is 11.2. The van der Waals surface area contributed by atoms with Gasteiger partial charge in [0.25, 0.3) is 0 Å². The maximum atomic E-state index is 12.8. The third-order valence-electron chi connectivity index (χ3n) is 2.13. The monoisotopic (exact) mass is 233 g/mol. The van der Waals surface area contributed by atoms with Gasteiger partial charge in [-0.3, -0.25) is 4.79 Å². The average molecular weight is 233 g/mol. The van der Waals surface area contributed by atoms with E-state index in [0.717, 1.165) is 12.1 Å². The summed E-state index contributed by atoms with van der Waals surface area (Å²) in [5.41, 5.74) is 0.0816. The van der Waals surface area contributed by atoms with Crippen molar-refractivity contribution in [3.05, 3.63) is 35.1 Å². The van der Waals surface area contributed by atoms with Gasteiger partial charge in [-0.25, -0.2) is 13.2 Å². The van der Waals surface area contributed by atoms with Crippen LogP contribution in [0.2, 0.25) is 0 Å². The summed E-state index contributed by atoms with van der Waals surface area (Å²) in [6, 6.07) is 0.599. The minimum Gasteiger partial charge on any atom is -0.480 e. The van der Waals surface area contributed by atoms with Gasteiger partial charge in [-0.1, -0.05) is 0 Å². The Labute approximate surface area is 89.9 Å². The SMILES string of the molecule is CN[C@@H](Cc1cc(F)c(F)c(F)c1)C(=O)O. The van der Waals surface area contributed by atoms with E-state index in [1.165, 1.54) is 7.05 Å². The summed E-state index contributed by atoms with van der Waals surface area (Å²) in [5.74, 6) is -5.35. The van der Waals surface area contributed by atoms with Crippen LogP contribution in [0.5, 0.6) is 0 Å². The molecule has 88 valence electrons. The van der Waals surface area contributed by atoms with E-state index >= 15 is 0 Å². The van der Waals surface area contributed by atoms with Crippen LogP contribution in [0.1, 0.15) is 5.56 Å². The molecule has 0 bridgehead atoms. The summed E-state index contributed by atoms with van der Waals surface area (Å²) in [4.78, 5) is 10.6. The molecule has 0 aromatic heterocycles. The second-order valence-electron chi connectivity index (χ2n) is 3.26. The highest BCUT2D eigenvalue weighted by Gasteiger charge is 2.18. The lowest BCUT2D eigenvalue weighted by atomic mass is 10.1. The molecule has 0 saturated heterocycles. The Morgan fingerprint density at radius 1 is 1.38 bits per heavy atom. The summed E-state index contributed by atoms with van der Waals surface area (Å²) in [7, 11) is 1.41. The molecule has 0 unspecified atom stereocenters. The van der Waals surface area contributed by atoms with Gasteiger partial charge in [0, 0.05) is 0 Å². The van der Waals surface area contributed by atoms with Crippen molar-refractivity contribution in [1.29, 1.82) is 0 Å². The Morgan fingerprint density at radius 3 is 2.25 bits per heavy atom. The topological polar surface area (TPSA) is 49.3 Å². The molecular formula is C10H10F3NO2. The van der Waals surface area contributed by atoms with Crippen molar-refractivity contribution >= 4 is 5.97 Å². The molecule has 0 aliphatic heterocycles. The minimum absolute atomic E-state index is 0.0816. The van der Waals surface area contributed by atoms with Crippen LogP contribution >= 0.6 is 0 Å². The largest absolute Gasteiger partial charge is 0.480 e. The van der Waals surface area contributed by atoms with E-state index in [4.69, 9.17) is 5.11 Å². The first-order valence-corrected chi connectivity index (χ1v) is 4.49. The summed E-state index contributed by atoms with van der Waals surface area (Å²) >= 11 is 0. The molecule has 0 aliphatic rings. The van der Waals surface area contributed by atoms with Crippen molar-refractivity contribution < 1.29 is 23.1 Å². The van der Waals surface area contributed by atoms with Crippen molar-refractivity contribution in [2.75, 3.05) is 7.05 Å². The molecule has 0 heterocycles. The fourth-order valence-corrected chi connectivity index (χ4v) is 1.27. The zero-order chi connectivity index (χ0) is 12.3. The number of aliphatic carboxylic acids is 1. The van der Waals surface area contributed by atoms with Gasteiger partial charge in [-0.15, -0.1) is 0 Å². The smallest absolute Gasteiger partial charge is 0.321 e. The number of likely N-dealkylation sites (N-methyl/N-ethyl adjacent to an activating group) is 1. The zero-order valence-electron chi connectivity index (χ0n) is 8.43. The fraction of sp³-hybridized carbons (Fsp3) is 0.300. The third kappa shape index (κ3) is 2.73. The molecule has 16 heavy (non-hydrogen) atoms. The number of benzene rings is 1. The molecule has 1 aromatic rings. The number of rotatable bonds is 4. The van der Waals surface area contributed by atoms with E-state index in [1.807, 2.05) is 0 Å².